The molecule has 1 aromatic heterocycles. The van der Waals surface area contributed by atoms with Crippen molar-refractivity contribution in [2.75, 3.05) is 13.2 Å². The molecule has 1 aliphatic heterocycles. The van der Waals surface area contributed by atoms with E-state index in [2.05, 4.69) is 4.98 Å². The van der Waals surface area contributed by atoms with Gasteiger partial charge in [-0.15, -0.1) is 0 Å². The smallest absolute Gasteiger partial charge is 0.181 e. The summed E-state index contributed by atoms with van der Waals surface area (Å²) in [6, 6.07) is 9.50. The molecule has 2 aromatic rings. The maximum atomic E-state index is 13.4. The van der Waals surface area contributed by atoms with Crippen LogP contribution in [0.15, 0.2) is 53.6 Å². The van der Waals surface area contributed by atoms with Crippen LogP contribution < -0.4 is 0 Å². The minimum Gasteiger partial charge on any atom is -0.387 e. The lowest BCUT2D eigenvalue weighted by atomic mass is 9.90. The van der Waals surface area contributed by atoms with Gasteiger partial charge < -0.3 is 14.9 Å². The number of allylic oxidation sites excluding steroid dienone is 2. The van der Waals surface area contributed by atoms with Gasteiger partial charge in [-0.25, -0.2) is 8.42 Å². The van der Waals surface area contributed by atoms with Crippen molar-refractivity contribution in [1.82, 2.24) is 4.98 Å². The predicted molar refractivity (Wildman–Crippen MR) is 142 cm³/mol. The standard InChI is InChI=1S/C29H35NO7S/c1-29(2,34)28(33)21-5-10-25(30-18-21)27(32)12-11-26(31)24(17-19-13-15-37-16-14-19)20-3-6-22(7-4-20)38(35,36)23-8-9-23/h3-7,10,17-19,23,28,33-34H,8-9,11-16H2,1-2H3. The fourth-order valence-corrected chi connectivity index (χ4v) is 6.15. The molecule has 0 radical (unpaired) electrons. The molecular weight excluding hydrogens is 506 g/mol. The molecule has 4 rings (SSSR count). The fourth-order valence-electron chi connectivity index (χ4n) is 4.49. The Morgan fingerprint density at radius 3 is 2.26 bits per heavy atom. The number of ether oxygens (including phenoxy) is 1. The monoisotopic (exact) mass is 541 g/mol. The third-order valence-corrected chi connectivity index (χ3v) is 9.34. The Morgan fingerprint density at radius 2 is 1.71 bits per heavy atom. The Morgan fingerprint density at radius 1 is 1.05 bits per heavy atom. The lowest BCUT2D eigenvalue weighted by Crippen LogP contribution is -2.28. The summed E-state index contributed by atoms with van der Waals surface area (Å²) in [5, 5.41) is 19.9. The van der Waals surface area contributed by atoms with E-state index in [1.54, 1.807) is 30.3 Å². The van der Waals surface area contributed by atoms with Gasteiger partial charge in [0.05, 0.1) is 15.7 Å². The number of rotatable bonds is 11. The Balaban J connectivity index is 1.48. The number of sulfone groups is 1. The van der Waals surface area contributed by atoms with E-state index in [0.717, 1.165) is 12.8 Å². The average molecular weight is 542 g/mol. The second-order valence-corrected chi connectivity index (χ2v) is 12.9. The second-order valence-electron chi connectivity index (χ2n) is 10.7. The summed E-state index contributed by atoms with van der Waals surface area (Å²) in [4.78, 5) is 30.5. The van der Waals surface area contributed by atoms with Crippen molar-refractivity contribution >= 4 is 27.0 Å². The van der Waals surface area contributed by atoms with Crippen molar-refractivity contribution in [3.8, 4) is 0 Å². The number of Topliss-reactive ketones (excluding diaryl/α,β-unsaturated/α-hetero) is 2. The minimum absolute atomic E-state index is 0.0221. The molecule has 2 aliphatic rings. The molecule has 9 heteroatoms. The molecule has 8 nitrogen and oxygen atoms in total. The molecule has 2 heterocycles. The highest BCUT2D eigenvalue weighted by Crippen LogP contribution is 2.34. The molecular formula is C29H35NO7S. The number of hydrogen-bond acceptors (Lipinski definition) is 8. The number of ketones is 2. The zero-order valence-electron chi connectivity index (χ0n) is 21.8. The summed E-state index contributed by atoms with van der Waals surface area (Å²) in [7, 11) is -3.33. The highest BCUT2D eigenvalue weighted by atomic mass is 32.2. The van der Waals surface area contributed by atoms with Crippen LogP contribution in [0.3, 0.4) is 0 Å². The van der Waals surface area contributed by atoms with E-state index in [-0.39, 0.29) is 46.2 Å². The first kappa shape index (κ1) is 28.3. The zero-order chi connectivity index (χ0) is 27.5. The molecule has 2 fully saturated rings. The van der Waals surface area contributed by atoms with Crippen molar-refractivity contribution in [3.05, 3.63) is 65.5 Å². The van der Waals surface area contributed by atoms with E-state index >= 15 is 0 Å². The van der Waals surface area contributed by atoms with Gasteiger partial charge in [-0.3, -0.25) is 14.6 Å². The number of aliphatic hydroxyl groups excluding tert-OH is 1. The fraction of sp³-hybridized carbons (Fsp3) is 0.483. The average Bonchev–Trinajstić information content (AvgIpc) is 3.76. The number of pyridine rings is 1. The Bertz CT molecular complexity index is 1280. The quantitative estimate of drug-likeness (QED) is 0.324. The first-order valence-electron chi connectivity index (χ1n) is 13.0. The first-order chi connectivity index (χ1) is 18.0. The van der Waals surface area contributed by atoms with Gasteiger partial charge in [0.2, 0.25) is 0 Å². The van der Waals surface area contributed by atoms with Crippen LogP contribution in [0, 0.1) is 5.92 Å². The summed E-state index contributed by atoms with van der Waals surface area (Å²) in [6.45, 7) is 4.19. The zero-order valence-corrected chi connectivity index (χ0v) is 22.6. The highest BCUT2D eigenvalue weighted by molar-refractivity contribution is 7.92. The topological polar surface area (TPSA) is 131 Å². The molecule has 0 bridgehead atoms. The number of carbonyl (C=O) groups excluding carboxylic acids is 2. The van der Waals surface area contributed by atoms with Gasteiger partial charge in [0.25, 0.3) is 0 Å². The largest absolute Gasteiger partial charge is 0.387 e. The van der Waals surface area contributed by atoms with Crippen LogP contribution in [0.2, 0.25) is 0 Å². The van der Waals surface area contributed by atoms with E-state index in [9.17, 15) is 28.2 Å². The summed E-state index contributed by atoms with van der Waals surface area (Å²) in [5.41, 5.74) is 0.323. The molecule has 1 saturated heterocycles. The number of nitrogens with zero attached hydrogens (tertiary/aromatic N) is 1. The number of benzene rings is 1. The van der Waals surface area contributed by atoms with E-state index in [1.807, 2.05) is 6.08 Å². The van der Waals surface area contributed by atoms with E-state index in [4.69, 9.17) is 4.74 Å². The third-order valence-electron chi connectivity index (χ3n) is 7.06. The summed E-state index contributed by atoms with van der Waals surface area (Å²) in [6.07, 6.45) is 5.02. The third kappa shape index (κ3) is 6.83. The van der Waals surface area contributed by atoms with Gasteiger partial charge >= 0.3 is 0 Å². The van der Waals surface area contributed by atoms with Crippen molar-refractivity contribution in [2.24, 2.45) is 5.92 Å². The predicted octanol–water partition coefficient (Wildman–Crippen LogP) is 3.86. The first-order valence-corrected chi connectivity index (χ1v) is 14.6. The van der Waals surface area contributed by atoms with Crippen LogP contribution in [-0.2, 0) is 19.4 Å². The van der Waals surface area contributed by atoms with Crippen LogP contribution in [-0.4, -0.2) is 59.2 Å². The van der Waals surface area contributed by atoms with Gasteiger partial charge in [0, 0.05) is 43.4 Å². The van der Waals surface area contributed by atoms with Crippen LogP contribution in [0.4, 0.5) is 0 Å². The molecule has 1 aliphatic carbocycles. The number of aromatic nitrogens is 1. The van der Waals surface area contributed by atoms with Gasteiger partial charge in [-0.2, -0.15) is 0 Å². The van der Waals surface area contributed by atoms with Gasteiger partial charge in [-0.1, -0.05) is 24.3 Å². The summed E-state index contributed by atoms with van der Waals surface area (Å²) < 4.78 is 30.6. The van der Waals surface area contributed by atoms with Crippen LogP contribution in [0.5, 0.6) is 0 Å². The van der Waals surface area contributed by atoms with Crippen molar-refractivity contribution in [2.45, 2.75) is 74.2 Å². The Kier molecular flexibility index (Phi) is 8.62. The molecule has 38 heavy (non-hydrogen) atoms. The second kappa shape index (κ2) is 11.6. The van der Waals surface area contributed by atoms with Crippen molar-refractivity contribution < 1.29 is 33.0 Å². The molecule has 1 atom stereocenters. The maximum Gasteiger partial charge on any atom is 0.181 e. The number of aliphatic hydroxyl groups is 2. The summed E-state index contributed by atoms with van der Waals surface area (Å²) in [5.74, 6) is -0.347. The SMILES string of the molecule is CC(C)(O)C(O)c1ccc(C(=O)CCC(=O)C(=CC2CCOCC2)c2ccc(S(=O)(=O)C3CC3)cc2)nc1. The van der Waals surface area contributed by atoms with E-state index < -0.39 is 21.5 Å². The van der Waals surface area contributed by atoms with Crippen molar-refractivity contribution in [3.63, 3.8) is 0 Å². The molecule has 2 N–H and O–H groups in total. The highest BCUT2D eigenvalue weighted by Gasteiger charge is 2.36. The van der Waals surface area contributed by atoms with Gasteiger partial charge in [0.1, 0.15) is 11.8 Å². The van der Waals surface area contributed by atoms with E-state index in [0.29, 0.717) is 42.8 Å². The maximum absolute atomic E-state index is 13.4. The number of hydrogen-bond donors (Lipinski definition) is 2. The normalized spacial score (nSPS) is 18.3. The molecule has 1 saturated carbocycles. The Hall–Kier alpha value is -2.72. The molecule has 0 spiro atoms. The number of carbonyl (C=O) groups is 2. The lowest BCUT2D eigenvalue weighted by molar-refractivity contribution is -0.113. The van der Waals surface area contributed by atoms with E-state index in [1.165, 1.54) is 26.1 Å². The van der Waals surface area contributed by atoms with Crippen molar-refractivity contribution in [1.29, 1.82) is 0 Å². The van der Waals surface area contributed by atoms with Gasteiger partial charge in [0.15, 0.2) is 21.4 Å². The molecule has 204 valence electrons. The molecule has 1 unspecified atom stereocenters. The van der Waals surface area contributed by atoms with Crippen LogP contribution in [0.1, 0.15) is 80.1 Å². The van der Waals surface area contributed by atoms with Crippen LogP contribution in [0.25, 0.3) is 5.57 Å². The Labute approximate surface area is 223 Å². The molecule has 0 amide bonds. The van der Waals surface area contributed by atoms with Gasteiger partial charge in [-0.05, 0) is 69.2 Å². The lowest BCUT2D eigenvalue weighted by Gasteiger charge is -2.24. The van der Waals surface area contributed by atoms with Crippen LogP contribution >= 0.6 is 0 Å². The minimum atomic E-state index is -3.33. The summed E-state index contributed by atoms with van der Waals surface area (Å²) >= 11 is 0. The molecule has 1 aromatic carbocycles.